The minimum Gasteiger partial charge on any atom is -0.308 e. The van der Waals surface area contributed by atoms with E-state index in [0.29, 0.717) is 17.5 Å². The maximum Gasteiger partial charge on any atom is 0.251 e. The number of fused-ring (bicyclic) bond motifs is 2. The molecule has 6 heteroatoms. The van der Waals surface area contributed by atoms with Gasteiger partial charge in [0.1, 0.15) is 11.4 Å². The molecule has 0 unspecified atom stereocenters. The lowest BCUT2D eigenvalue weighted by molar-refractivity contribution is 0.0962. The number of carbonyl (C=O) groups is 2. The first-order chi connectivity index (χ1) is 11.3. The maximum atomic E-state index is 13.1. The smallest absolute Gasteiger partial charge is 0.251 e. The summed E-state index contributed by atoms with van der Waals surface area (Å²) in [6.45, 7) is 3.60. The Bertz CT molecular complexity index is 1020. The fourth-order valence-electron chi connectivity index (χ4n) is 3.34. The van der Waals surface area contributed by atoms with Crippen molar-refractivity contribution in [2.75, 3.05) is 0 Å². The molecule has 24 heavy (non-hydrogen) atoms. The Labute approximate surface area is 138 Å². The van der Waals surface area contributed by atoms with Gasteiger partial charge in [0.2, 0.25) is 5.78 Å². The van der Waals surface area contributed by atoms with Crippen molar-refractivity contribution in [3.8, 4) is 0 Å². The van der Waals surface area contributed by atoms with Crippen LogP contribution in [0.1, 0.15) is 56.6 Å². The van der Waals surface area contributed by atoms with Crippen LogP contribution in [0.5, 0.6) is 0 Å². The molecule has 1 aliphatic rings. The van der Waals surface area contributed by atoms with Gasteiger partial charge in [-0.1, -0.05) is 13.3 Å². The topological polar surface area (TPSA) is 78.1 Å². The number of rotatable bonds is 2. The third-order valence-corrected chi connectivity index (χ3v) is 4.56. The molecule has 0 aliphatic heterocycles. The summed E-state index contributed by atoms with van der Waals surface area (Å²) in [6, 6.07) is 2.78. The molecule has 0 amide bonds. The van der Waals surface area contributed by atoms with Gasteiger partial charge in [0.15, 0.2) is 5.78 Å². The molecule has 1 aliphatic carbocycles. The Balaban J connectivity index is 2.48. The van der Waals surface area contributed by atoms with Gasteiger partial charge in [-0.3, -0.25) is 19.2 Å². The van der Waals surface area contributed by atoms with Crippen LogP contribution in [0.25, 0.3) is 0 Å². The molecule has 0 fully saturated rings. The normalized spacial score (nSPS) is 13.0. The van der Waals surface area contributed by atoms with E-state index < -0.39 is 5.78 Å². The monoisotopic (exact) mass is 326 g/mol. The van der Waals surface area contributed by atoms with Crippen molar-refractivity contribution in [2.24, 2.45) is 14.1 Å². The minimum absolute atomic E-state index is 0.0566. The van der Waals surface area contributed by atoms with Gasteiger partial charge in [0, 0.05) is 26.2 Å². The minimum atomic E-state index is -0.458. The van der Waals surface area contributed by atoms with Crippen LogP contribution in [0.3, 0.4) is 0 Å². The summed E-state index contributed by atoms with van der Waals surface area (Å²) in [5.74, 6) is -0.757. The van der Waals surface area contributed by atoms with E-state index >= 15 is 0 Å². The highest BCUT2D eigenvalue weighted by Gasteiger charge is 2.37. The van der Waals surface area contributed by atoms with Crippen LogP contribution < -0.4 is 11.1 Å². The van der Waals surface area contributed by atoms with Gasteiger partial charge < -0.3 is 9.13 Å². The van der Waals surface area contributed by atoms with Crippen LogP contribution >= 0.6 is 0 Å². The average Bonchev–Trinajstić information content (AvgIpc) is 2.52. The molecule has 0 N–H and O–H groups in total. The zero-order chi connectivity index (χ0) is 17.8. The number of pyridine rings is 2. The van der Waals surface area contributed by atoms with Crippen molar-refractivity contribution in [3.63, 3.8) is 0 Å². The Hall–Kier alpha value is -2.76. The Kier molecular flexibility index (Phi) is 3.63. The lowest BCUT2D eigenvalue weighted by Gasteiger charge is -2.24. The predicted molar refractivity (Wildman–Crippen MR) is 89.0 cm³/mol. The molecular weight excluding hydrogens is 308 g/mol. The molecule has 0 radical (unpaired) electrons. The molecule has 124 valence electrons. The maximum absolute atomic E-state index is 13.1. The zero-order valence-electron chi connectivity index (χ0n) is 14.1. The first-order valence-electron chi connectivity index (χ1n) is 7.82. The molecule has 6 nitrogen and oxygen atoms in total. The quantitative estimate of drug-likeness (QED) is 0.707. The molecule has 2 heterocycles. The number of hydrogen-bond acceptors (Lipinski definition) is 4. The number of hydrogen-bond donors (Lipinski definition) is 0. The van der Waals surface area contributed by atoms with Gasteiger partial charge >= 0.3 is 0 Å². The third kappa shape index (κ3) is 2.02. The average molecular weight is 326 g/mol. The van der Waals surface area contributed by atoms with E-state index in [2.05, 4.69) is 0 Å². The van der Waals surface area contributed by atoms with Gasteiger partial charge in [0.05, 0.1) is 11.1 Å². The lowest BCUT2D eigenvalue weighted by Crippen LogP contribution is -2.37. The second-order valence-corrected chi connectivity index (χ2v) is 6.15. The van der Waals surface area contributed by atoms with Crippen molar-refractivity contribution in [1.29, 1.82) is 0 Å². The molecule has 0 saturated carbocycles. The number of aromatic nitrogens is 2. The molecule has 0 atom stereocenters. The van der Waals surface area contributed by atoms with Crippen molar-refractivity contribution in [1.82, 2.24) is 9.13 Å². The van der Waals surface area contributed by atoms with E-state index in [1.165, 1.54) is 35.4 Å². The van der Waals surface area contributed by atoms with Gasteiger partial charge in [-0.2, -0.15) is 0 Å². The van der Waals surface area contributed by atoms with Crippen molar-refractivity contribution in [3.05, 3.63) is 66.5 Å². The summed E-state index contributed by atoms with van der Waals surface area (Å²) in [7, 11) is 2.94. The van der Waals surface area contributed by atoms with Crippen LogP contribution in [0, 0.1) is 6.92 Å². The zero-order valence-corrected chi connectivity index (χ0v) is 14.1. The van der Waals surface area contributed by atoms with Gasteiger partial charge in [-0.25, -0.2) is 0 Å². The summed E-state index contributed by atoms with van der Waals surface area (Å²) in [6.07, 6.45) is 1.29. The second kappa shape index (κ2) is 5.40. The van der Waals surface area contributed by atoms with E-state index in [9.17, 15) is 19.2 Å². The number of nitrogens with zero attached hydrogens (tertiary/aromatic N) is 2. The molecule has 0 aromatic carbocycles. The van der Waals surface area contributed by atoms with Gasteiger partial charge in [0.25, 0.3) is 11.1 Å². The highest BCUT2D eigenvalue weighted by atomic mass is 16.2. The third-order valence-electron chi connectivity index (χ3n) is 4.56. The van der Waals surface area contributed by atoms with E-state index in [4.69, 9.17) is 0 Å². The first-order valence-corrected chi connectivity index (χ1v) is 7.82. The second-order valence-electron chi connectivity index (χ2n) is 6.15. The highest BCUT2D eigenvalue weighted by molar-refractivity contribution is 6.28. The highest BCUT2D eigenvalue weighted by Crippen LogP contribution is 2.29. The summed E-state index contributed by atoms with van der Waals surface area (Å²) < 4.78 is 2.38. The van der Waals surface area contributed by atoms with Gasteiger partial charge in [-0.05, 0) is 24.5 Å². The van der Waals surface area contributed by atoms with E-state index in [1.54, 1.807) is 6.92 Å². The molecule has 0 bridgehead atoms. The first kappa shape index (κ1) is 16.1. The van der Waals surface area contributed by atoms with Crippen LogP contribution in [-0.4, -0.2) is 20.7 Å². The fraction of sp³-hybridized carbons (Fsp3) is 0.333. The van der Waals surface area contributed by atoms with E-state index in [1.807, 2.05) is 6.92 Å². The lowest BCUT2D eigenvalue weighted by atomic mass is 9.84. The van der Waals surface area contributed by atoms with Crippen molar-refractivity contribution in [2.45, 2.75) is 26.7 Å². The largest absolute Gasteiger partial charge is 0.308 e. The van der Waals surface area contributed by atoms with E-state index in [-0.39, 0.29) is 39.4 Å². The Morgan fingerprint density at radius 1 is 0.833 bits per heavy atom. The Morgan fingerprint density at radius 3 is 1.96 bits per heavy atom. The molecule has 0 saturated heterocycles. The summed E-state index contributed by atoms with van der Waals surface area (Å²) in [5, 5.41) is 0. The number of aryl methyl sites for hydroxylation is 2. The summed E-state index contributed by atoms with van der Waals surface area (Å²) in [4.78, 5) is 50.4. The summed E-state index contributed by atoms with van der Waals surface area (Å²) in [5.41, 5.74) is 1.06. The molecule has 0 spiro atoms. The number of ketones is 2. The fourth-order valence-corrected chi connectivity index (χ4v) is 3.34. The molecule has 3 rings (SSSR count). The standard InChI is InChI=1S/C18H18N2O4/c1-5-6-10-8-12(22)20(4)16-14(10)17(23)13-9(2)7-11(21)19(3)15(13)18(16)24/h7-8H,5-6H2,1-4H3. The molecule has 2 aromatic heterocycles. The molecular formula is C18H18N2O4. The van der Waals surface area contributed by atoms with Crippen LogP contribution in [-0.2, 0) is 20.5 Å². The van der Waals surface area contributed by atoms with E-state index in [0.717, 1.165) is 6.42 Å². The van der Waals surface area contributed by atoms with Crippen LogP contribution in [0.2, 0.25) is 0 Å². The SMILES string of the molecule is CCCc1cc(=O)n(C)c2c1C(=O)c1c(C)cc(=O)n(C)c1C2=O. The Morgan fingerprint density at radius 2 is 1.38 bits per heavy atom. The van der Waals surface area contributed by atoms with Crippen LogP contribution in [0.4, 0.5) is 0 Å². The van der Waals surface area contributed by atoms with Gasteiger partial charge in [-0.15, -0.1) is 0 Å². The van der Waals surface area contributed by atoms with Crippen molar-refractivity contribution >= 4 is 11.6 Å². The predicted octanol–water partition coefficient (Wildman–Crippen LogP) is 1.12. The molecule has 2 aromatic rings. The van der Waals surface area contributed by atoms with Crippen LogP contribution in [0.15, 0.2) is 21.7 Å². The summed E-state index contributed by atoms with van der Waals surface area (Å²) >= 11 is 0. The number of carbonyl (C=O) groups excluding carboxylic acids is 2. The van der Waals surface area contributed by atoms with Crippen molar-refractivity contribution < 1.29 is 9.59 Å².